The van der Waals surface area contributed by atoms with Crippen molar-refractivity contribution in [1.29, 1.82) is 0 Å². The summed E-state index contributed by atoms with van der Waals surface area (Å²) in [7, 11) is 0. The van der Waals surface area contributed by atoms with E-state index in [-0.39, 0.29) is 17.8 Å². The van der Waals surface area contributed by atoms with Crippen LogP contribution in [0.2, 0.25) is 0 Å². The van der Waals surface area contributed by atoms with Crippen molar-refractivity contribution in [3.05, 3.63) is 23.5 Å². The number of carboxylic acids is 1. The van der Waals surface area contributed by atoms with Gasteiger partial charge in [0.1, 0.15) is 12.1 Å². The Kier molecular flexibility index (Phi) is 4.15. The van der Waals surface area contributed by atoms with Crippen molar-refractivity contribution in [3.8, 4) is 0 Å². The third-order valence-corrected chi connectivity index (χ3v) is 2.34. The summed E-state index contributed by atoms with van der Waals surface area (Å²) in [4.78, 5) is 15.7. The van der Waals surface area contributed by atoms with Crippen molar-refractivity contribution in [2.75, 3.05) is 18.0 Å². The monoisotopic (exact) mass is 262 g/mol. The number of aryl methyl sites for hydroxylation is 1. The molecule has 4 nitrogen and oxygen atoms in total. The van der Waals surface area contributed by atoms with Gasteiger partial charge in [-0.15, -0.1) is 0 Å². The largest absolute Gasteiger partial charge is 0.478 e. The summed E-state index contributed by atoms with van der Waals surface area (Å²) in [5.41, 5.74) is 0.275. The molecular weight excluding hydrogens is 249 g/mol. The number of aromatic nitrogens is 1. The first-order valence-corrected chi connectivity index (χ1v) is 5.26. The lowest BCUT2D eigenvalue weighted by Crippen LogP contribution is -2.35. The summed E-state index contributed by atoms with van der Waals surface area (Å²) in [6, 6.07) is 1.35. The van der Waals surface area contributed by atoms with Crippen molar-refractivity contribution >= 4 is 11.7 Å². The van der Waals surface area contributed by atoms with Gasteiger partial charge in [-0.1, -0.05) is 0 Å². The van der Waals surface area contributed by atoms with Crippen LogP contribution >= 0.6 is 0 Å². The maximum atomic E-state index is 12.4. The van der Waals surface area contributed by atoms with Gasteiger partial charge in [-0.2, -0.15) is 13.2 Å². The molecule has 1 rings (SSSR count). The molecule has 1 heterocycles. The van der Waals surface area contributed by atoms with E-state index >= 15 is 0 Å². The molecule has 0 bridgehead atoms. The Balaban J connectivity index is 3.19. The third-order valence-electron chi connectivity index (χ3n) is 2.34. The number of alkyl halides is 3. The molecule has 0 aliphatic rings. The molecule has 0 atom stereocenters. The molecule has 1 N–H and O–H groups in total. The molecule has 0 amide bonds. The molecular formula is C11H13F3N2O2. The highest BCUT2D eigenvalue weighted by Crippen LogP contribution is 2.25. The van der Waals surface area contributed by atoms with Crippen molar-refractivity contribution in [2.45, 2.75) is 20.0 Å². The Labute approximate surface area is 102 Å². The van der Waals surface area contributed by atoms with Crippen LogP contribution < -0.4 is 4.90 Å². The predicted octanol–water partition coefficient (Wildman–Crippen LogP) is 2.48. The van der Waals surface area contributed by atoms with Crippen LogP contribution in [0.15, 0.2) is 12.3 Å². The van der Waals surface area contributed by atoms with Gasteiger partial charge in [-0.05, 0) is 19.9 Å². The van der Waals surface area contributed by atoms with Gasteiger partial charge in [0.2, 0.25) is 0 Å². The summed E-state index contributed by atoms with van der Waals surface area (Å²) >= 11 is 0. The standard InChI is InChI=1S/C11H13F3N2O2/c1-3-16(6-11(12,13)14)9-4-7(2)15-5-8(9)10(17)18/h4-5H,3,6H2,1-2H3,(H,17,18). The van der Waals surface area contributed by atoms with E-state index in [1.165, 1.54) is 13.0 Å². The highest BCUT2D eigenvalue weighted by molar-refractivity contribution is 5.94. The normalized spacial score (nSPS) is 11.4. The molecule has 0 fully saturated rings. The average molecular weight is 262 g/mol. The van der Waals surface area contributed by atoms with E-state index in [2.05, 4.69) is 4.98 Å². The van der Waals surface area contributed by atoms with Crippen LogP contribution in [0, 0.1) is 6.92 Å². The number of rotatable bonds is 4. The second-order valence-electron chi connectivity index (χ2n) is 3.78. The number of carbonyl (C=O) groups is 1. The first-order chi connectivity index (χ1) is 8.24. The number of aromatic carboxylic acids is 1. The van der Waals surface area contributed by atoms with Crippen molar-refractivity contribution < 1.29 is 23.1 Å². The molecule has 0 spiro atoms. The Morgan fingerprint density at radius 3 is 2.56 bits per heavy atom. The molecule has 1 aromatic heterocycles. The Morgan fingerprint density at radius 2 is 2.11 bits per heavy atom. The Bertz CT molecular complexity index is 446. The number of pyridine rings is 1. The molecule has 100 valence electrons. The zero-order valence-corrected chi connectivity index (χ0v) is 9.95. The zero-order valence-electron chi connectivity index (χ0n) is 9.95. The van der Waals surface area contributed by atoms with Gasteiger partial charge in [-0.3, -0.25) is 4.98 Å². The van der Waals surface area contributed by atoms with Gasteiger partial charge < -0.3 is 10.0 Å². The molecule has 7 heteroatoms. The Morgan fingerprint density at radius 1 is 1.50 bits per heavy atom. The smallest absolute Gasteiger partial charge is 0.405 e. The minimum Gasteiger partial charge on any atom is -0.478 e. The van der Waals surface area contributed by atoms with Gasteiger partial charge in [0, 0.05) is 18.4 Å². The van der Waals surface area contributed by atoms with Crippen LogP contribution in [0.5, 0.6) is 0 Å². The summed E-state index contributed by atoms with van der Waals surface area (Å²) in [6.07, 6.45) is -3.31. The number of nitrogens with zero attached hydrogens (tertiary/aromatic N) is 2. The molecule has 1 aromatic rings. The lowest BCUT2D eigenvalue weighted by atomic mass is 10.2. The van der Waals surface area contributed by atoms with Gasteiger partial charge in [0.05, 0.1) is 5.69 Å². The minimum atomic E-state index is -4.39. The minimum absolute atomic E-state index is 0.0369. The summed E-state index contributed by atoms with van der Waals surface area (Å²) in [6.45, 7) is 2.00. The van der Waals surface area contributed by atoms with E-state index in [9.17, 15) is 18.0 Å². The number of hydrogen-bond acceptors (Lipinski definition) is 3. The zero-order chi connectivity index (χ0) is 13.9. The Hall–Kier alpha value is -1.79. The topological polar surface area (TPSA) is 53.4 Å². The van der Waals surface area contributed by atoms with Crippen molar-refractivity contribution in [2.24, 2.45) is 0 Å². The van der Waals surface area contributed by atoms with Gasteiger partial charge in [0.25, 0.3) is 0 Å². The SMILES string of the molecule is CCN(CC(F)(F)F)c1cc(C)ncc1C(=O)O. The maximum Gasteiger partial charge on any atom is 0.405 e. The van der Waals surface area contributed by atoms with E-state index < -0.39 is 18.7 Å². The molecule has 0 aromatic carbocycles. The fourth-order valence-corrected chi connectivity index (χ4v) is 1.56. The first-order valence-electron chi connectivity index (χ1n) is 5.26. The van der Waals surface area contributed by atoms with Crippen LogP contribution in [0.4, 0.5) is 18.9 Å². The van der Waals surface area contributed by atoms with E-state index in [4.69, 9.17) is 5.11 Å². The molecule has 0 aliphatic carbocycles. The van der Waals surface area contributed by atoms with Crippen LogP contribution in [0.3, 0.4) is 0 Å². The van der Waals surface area contributed by atoms with Crippen LogP contribution in [0.1, 0.15) is 23.0 Å². The van der Waals surface area contributed by atoms with Crippen LogP contribution in [-0.4, -0.2) is 35.3 Å². The highest BCUT2D eigenvalue weighted by Gasteiger charge is 2.31. The quantitative estimate of drug-likeness (QED) is 0.905. The molecule has 0 aliphatic heterocycles. The van der Waals surface area contributed by atoms with Crippen LogP contribution in [-0.2, 0) is 0 Å². The molecule has 0 saturated heterocycles. The van der Waals surface area contributed by atoms with Crippen molar-refractivity contribution in [1.82, 2.24) is 4.98 Å². The average Bonchev–Trinajstić information content (AvgIpc) is 2.24. The lowest BCUT2D eigenvalue weighted by Gasteiger charge is -2.25. The van der Waals surface area contributed by atoms with Gasteiger partial charge >= 0.3 is 12.1 Å². The second kappa shape index (κ2) is 5.24. The van der Waals surface area contributed by atoms with E-state index in [0.29, 0.717) is 5.69 Å². The predicted molar refractivity (Wildman–Crippen MR) is 59.9 cm³/mol. The highest BCUT2D eigenvalue weighted by atomic mass is 19.4. The van der Waals surface area contributed by atoms with E-state index in [1.807, 2.05) is 0 Å². The number of anilines is 1. The molecule has 0 radical (unpaired) electrons. The summed E-state index contributed by atoms with van der Waals surface area (Å²) in [5.74, 6) is -1.29. The molecule has 18 heavy (non-hydrogen) atoms. The lowest BCUT2D eigenvalue weighted by molar-refractivity contribution is -0.119. The van der Waals surface area contributed by atoms with E-state index in [0.717, 1.165) is 11.1 Å². The van der Waals surface area contributed by atoms with Gasteiger partial charge in [-0.25, -0.2) is 4.79 Å². The van der Waals surface area contributed by atoms with Crippen molar-refractivity contribution in [3.63, 3.8) is 0 Å². The van der Waals surface area contributed by atoms with Gasteiger partial charge in [0.15, 0.2) is 0 Å². The van der Waals surface area contributed by atoms with Crippen LogP contribution in [0.25, 0.3) is 0 Å². The fraction of sp³-hybridized carbons (Fsp3) is 0.455. The fourth-order valence-electron chi connectivity index (χ4n) is 1.56. The molecule has 0 saturated carbocycles. The maximum absolute atomic E-state index is 12.4. The molecule has 0 unspecified atom stereocenters. The summed E-state index contributed by atoms with van der Waals surface area (Å²) < 4.78 is 37.2. The number of halogens is 3. The number of carboxylic acid groups (broad SMARTS) is 1. The first kappa shape index (κ1) is 14.3. The number of hydrogen-bond donors (Lipinski definition) is 1. The third kappa shape index (κ3) is 3.61. The second-order valence-corrected chi connectivity index (χ2v) is 3.78. The summed E-state index contributed by atoms with van der Waals surface area (Å²) in [5, 5.41) is 8.95. The van der Waals surface area contributed by atoms with E-state index in [1.54, 1.807) is 6.92 Å².